The van der Waals surface area contributed by atoms with Crippen molar-refractivity contribution in [3.05, 3.63) is 46.9 Å². The van der Waals surface area contributed by atoms with E-state index in [9.17, 15) is 5.26 Å². The summed E-state index contributed by atoms with van der Waals surface area (Å²) in [6.07, 6.45) is 5.08. The number of aryl methyl sites for hydroxylation is 1. The number of anilines is 1. The average Bonchev–Trinajstić information content (AvgIpc) is 2.52. The van der Waals surface area contributed by atoms with Crippen LogP contribution in [0.5, 0.6) is 0 Å². The van der Waals surface area contributed by atoms with Gasteiger partial charge in [0.1, 0.15) is 11.6 Å². The predicted octanol–water partition coefficient (Wildman–Crippen LogP) is 2.48. The van der Waals surface area contributed by atoms with Crippen molar-refractivity contribution in [3.63, 3.8) is 0 Å². The third kappa shape index (κ3) is 2.91. The molecule has 2 heterocycles. The topological polar surface area (TPSA) is 74.5 Å². The van der Waals surface area contributed by atoms with Crippen LogP contribution in [0.1, 0.15) is 36.2 Å². The maximum absolute atomic E-state index is 9.38. The molecule has 0 aliphatic rings. The summed E-state index contributed by atoms with van der Waals surface area (Å²) in [6, 6.07) is 6.10. The number of rotatable bonds is 5. The Morgan fingerprint density at radius 3 is 2.70 bits per heavy atom. The monoisotopic (exact) mass is 267 g/mol. The van der Waals surface area contributed by atoms with Crippen LogP contribution < -0.4 is 5.32 Å². The van der Waals surface area contributed by atoms with Crippen LogP contribution in [0.4, 0.5) is 5.82 Å². The molecular formula is C15H17N5. The molecule has 0 spiro atoms. The Bertz CT molecular complexity index is 616. The van der Waals surface area contributed by atoms with Crippen LogP contribution in [0.15, 0.2) is 24.5 Å². The summed E-state index contributed by atoms with van der Waals surface area (Å²) < 4.78 is 0. The van der Waals surface area contributed by atoms with Gasteiger partial charge < -0.3 is 5.32 Å². The quantitative estimate of drug-likeness (QED) is 0.900. The molecule has 2 aromatic rings. The number of aromatic nitrogens is 3. The predicted molar refractivity (Wildman–Crippen MR) is 77.1 cm³/mol. The first-order valence-corrected chi connectivity index (χ1v) is 6.71. The minimum Gasteiger partial charge on any atom is -0.363 e. The van der Waals surface area contributed by atoms with Crippen LogP contribution in [0, 0.1) is 11.3 Å². The fourth-order valence-corrected chi connectivity index (χ4v) is 2.11. The number of nitriles is 1. The SMILES string of the molecule is CCc1nnc(NCc2cccnc2)c(C#N)c1CC. The Labute approximate surface area is 118 Å². The van der Waals surface area contributed by atoms with Gasteiger partial charge in [0.15, 0.2) is 5.82 Å². The minimum atomic E-state index is 0.547. The van der Waals surface area contributed by atoms with E-state index in [0.717, 1.165) is 29.7 Å². The third-order valence-corrected chi connectivity index (χ3v) is 3.14. The van der Waals surface area contributed by atoms with Crippen molar-refractivity contribution in [1.82, 2.24) is 15.2 Å². The highest BCUT2D eigenvalue weighted by molar-refractivity contribution is 5.56. The van der Waals surface area contributed by atoms with E-state index < -0.39 is 0 Å². The van der Waals surface area contributed by atoms with Crippen LogP contribution in [-0.4, -0.2) is 15.2 Å². The van der Waals surface area contributed by atoms with Crippen molar-refractivity contribution in [1.29, 1.82) is 5.26 Å². The number of nitrogens with zero attached hydrogens (tertiary/aromatic N) is 4. The highest BCUT2D eigenvalue weighted by Gasteiger charge is 2.13. The normalized spacial score (nSPS) is 10.1. The van der Waals surface area contributed by atoms with Gasteiger partial charge in [-0.15, -0.1) is 5.10 Å². The van der Waals surface area contributed by atoms with E-state index in [-0.39, 0.29) is 0 Å². The zero-order valence-electron chi connectivity index (χ0n) is 11.7. The lowest BCUT2D eigenvalue weighted by Crippen LogP contribution is -2.10. The van der Waals surface area contributed by atoms with E-state index in [2.05, 4.69) is 26.6 Å². The summed E-state index contributed by atoms with van der Waals surface area (Å²) >= 11 is 0. The maximum atomic E-state index is 9.38. The molecule has 1 N–H and O–H groups in total. The van der Waals surface area contributed by atoms with Gasteiger partial charge in [-0.05, 0) is 30.0 Å². The lowest BCUT2D eigenvalue weighted by molar-refractivity contribution is 0.868. The van der Waals surface area contributed by atoms with E-state index in [1.165, 1.54) is 0 Å². The van der Waals surface area contributed by atoms with Gasteiger partial charge >= 0.3 is 0 Å². The van der Waals surface area contributed by atoms with Crippen molar-refractivity contribution in [3.8, 4) is 6.07 Å². The molecule has 0 unspecified atom stereocenters. The summed E-state index contributed by atoms with van der Waals surface area (Å²) in [5, 5.41) is 20.9. The van der Waals surface area contributed by atoms with E-state index in [0.29, 0.717) is 17.9 Å². The zero-order chi connectivity index (χ0) is 14.4. The van der Waals surface area contributed by atoms with Gasteiger partial charge in [0, 0.05) is 18.9 Å². The Hall–Kier alpha value is -2.48. The Morgan fingerprint density at radius 2 is 2.10 bits per heavy atom. The molecule has 5 heteroatoms. The lowest BCUT2D eigenvalue weighted by Gasteiger charge is -2.11. The second kappa shape index (κ2) is 6.62. The lowest BCUT2D eigenvalue weighted by atomic mass is 10.0. The van der Waals surface area contributed by atoms with Gasteiger partial charge in [0.2, 0.25) is 0 Å². The molecule has 0 atom stereocenters. The molecule has 102 valence electrons. The van der Waals surface area contributed by atoms with Crippen molar-refractivity contribution in [2.24, 2.45) is 0 Å². The fraction of sp³-hybridized carbons (Fsp3) is 0.333. The molecule has 0 amide bonds. The number of hydrogen-bond donors (Lipinski definition) is 1. The van der Waals surface area contributed by atoms with Crippen molar-refractivity contribution < 1.29 is 0 Å². The van der Waals surface area contributed by atoms with Crippen LogP contribution in [0.25, 0.3) is 0 Å². The smallest absolute Gasteiger partial charge is 0.167 e. The summed E-state index contributed by atoms with van der Waals surface area (Å²) in [7, 11) is 0. The number of pyridine rings is 1. The van der Waals surface area contributed by atoms with Crippen LogP contribution in [0.3, 0.4) is 0 Å². The first-order chi connectivity index (χ1) is 9.80. The molecule has 0 aromatic carbocycles. The highest BCUT2D eigenvalue weighted by atomic mass is 15.2. The summed E-state index contributed by atoms with van der Waals surface area (Å²) in [6.45, 7) is 4.63. The maximum Gasteiger partial charge on any atom is 0.167 e. The van der Waals surface area contributed by atoms with E-state index in [1.807, 2.05) is 26.0 Å². The molecule has 0 saturated heterocycles. The Balaban J connectivity index is 2.26. The molecular weight excluding hydrogens is 250 g/mol. The Kier molecular flexibility index (Phi) is 4.61. The minimum absolute atomic E-state index is 0.547. The summed E-state index contributed by atoms with van der Waals surface area (Å²) in [5.41, 5.74) is 3.52. The molecule has 2 aromatic heterocycles. The molecule has 0 aliphatic carbocycles. The highest BCUT2D eigenvalue weighted by Crippen LogP contribution is 2.20. The van der Waals surface area contributed by atoms with Gasteiger partial charge in [-0.3, -0.25) is 4.98 Å². The molecule has 20 heavy (non-hydrogen) atoms. The first-order valence-electron chi connectivity index (χ1n) is 6.71. The second-order valence-electron chi connectivity index (χ2n) is 4.38. The van der Waals surface area contributed by atoms with Crippen molar-refractivity contribution in [2.45, 2.75) is 33.2 Å². The van der Waals surface area contributed by atoms with Gasteiger partial charge in [-0.2, -0.15) is 10.4 Å². The van der Waals surface area contributed by atoms with Gasteiger partial charge in [0.05, 0.1) is 5.69 Å². The number of hydrogen-bond acceptors (Lipinski definition) is 5. The van der Waals surface area contributed by atoms with Crippen molar-refractivity contribution >= 4 is 5.82 Å². The van der Waals surface area contributed by atoms with Gasteiger partial charge in [-0.1, -0.05) is 19.9 Å². The molecule has 0 aliphatic heterocycles. The fourth-order valence-electron chi connectivity index (χ4n) is 2.11. The molecule has 2 rings (SSSR count). The van der Waals surface area contributed by atoms with E-state index in [1.54, 1.807) is 12.4 Å². The summed E-state index contributed by atoms with van der Waals surface area (Å²) in [5.74, 6) is 0.547. The van der Waals surface area contributed by atoms with E-state index in [4.69, 9.17) is 0 Å². The van der Waals surface area contributed by atoms with Gasteiger partial charge in [-0.25, -0.2) is 0 Å². The third-order valence-electron chi connectivity index (χ3n) is 3.14. The van der Waals surface area contributed by atoms with Crippen LogP contribution >= 0.6 is 0 Å². The van der Waals surface area contributed by atoms with Crippen LogP contribution in [-0.2, 0) is 19.4 Å². The molecule has 0 saturated carbocycles. The first kappa shape index (κ1) is 13.9. The zero-order valence-corrected chi connectivity index (χ0v) is 11.7. The average molecular weight is 267 g/mol. The summed E-state index contributed by atoms with van der Waals surface area (Å²) in [4.78, 5) is 4.06. The molecule has 0 bridgehead atoms. The van der Waals surface area contributed by atoms with Crippen LogP contribution in [0.2, 0.25) is 0 Å². The number of nitrogens with one attached hydrogen (secondary N) is 1. The molecule has 0 fully saturated rings. The van der Waals surface area contributed by atoms with Gasteiger partial charge in [0.25, 0.3) is 0 Å². The largest absolute Gasteiger partial charge is 0.363 e. The standard InChI is InChI=1S/C15H17N5/c1-3-12-13(8-16)15(20-19-14(12)4-2)18-10-11-6-5-7-17-9-11/h5-7,9H,3-4,10H2,1-2H3,(H,18,20). The van der Waals surface area contributed by atoms with E-state index >= 15 is 0 Å². The Morgan fingerprint density at radius 1 is 1.25 bits per heavy atom. The van der Waals surface area contributed by atoms with Crippen molar-refractivity contribution in [2.75, 3.05) is 5.32 Å². The second-order valence-corrected chi connectivity index (χ2v) is 4.38. The molecule has 5 nitrogen and oxygen atoms in total. The molecule has 0 radical (unpaired) electrons.